The number of rotatable bonds is 5. The number of halogens is 1. The second-order valence-electron chi connectivity index (χ2n) is 5.03. The third-order valence-electron chi connectivity index (χ3n) is 3.46. The van der Waals surface area contributed by atoms with Gasteiger partial charge in [0.05, 0.1) is 19.1 Å². The molecule has 1 unspecified atom stereocenters. The van der Waals surface area contributed by atoms with Crippen LogP contribution in [0.15, 0.2) is 24.3 Å². The van der Waals surface area contributed by atoms with Crippen LogP contribution in [0.2, 0.25) is 0 Å². The zero-order chi connectivity index (χ0) is 14.4. The van der Waals surface area contributed by atoms with Gasteiger partial charge in [0.25, 0.3) is 0 Å². The number of esters is 1. The quantitative estimate of drug-likeness (QED) is 0.801. The fourth-order valence-corrected chi connectivity index (χ4v) is 2.32. The molecule has 1 aliphatic heterocycles. The monoisotopic (exact) mass is 312 g/mol. The summed E-state index contributed by atoms with van der Waals surface area (Å²) in [6.45, 7) is 2.71. The second kappa shape index (κ2) is 8.64. The molecule has 5 nitrogen and oxygen atoms in total. The molecule has 0 bridgehead atoms. The molecule has 116 valence electrons. The Morgan fingerprint density at radius 2 is 2.24 bits per heavy atom. The predicted octanol–water partition coefficient (Wildman–Crippen LogP) is 1.16. The van der Waals surface area contributed by atoms with Crippen molar-refractivity contribution < 1.29 is 14.3 Å². The summed E-state index contributed by atoms with van der Waals surface area (Å²) < 4.78 is 4.66. The van der Waals surface area contributed by atoms with E-state index in [2.05, 4.69) is 15.4 Å². The van der Waals surface area contributed by atoms with Gasteiger partial charge in [-0.2, -0.15) is 0 Å². The lowest BCUT2D eigenvalue weighted by Crippen LogP contribution is -2.31. The summed E-state index contributed by atoms with van der Waals surface area (Å²) >= 11 is 0. The molecule has 6 heteroatoms. The highest BCUT2D eigenvalue weighted by atomic mass is 35.5. The number of hydrogen-bond donors (Lipinski definition) is 2. The summed E-state index contributed by atoms with van der Waals surface area (Å²) in [4.78, 5) is 23.3. The van der Waals surface area contributed by atoms with E-state index in [1.54, 1.807) is 18.2 Å². The first-order valence-corrected chi connectivity index (χ1v) is 6.83. The standard InChI is InChI=1S/C15H20N2O3.ClH/c1-20-15(19)13-4-2-3-11(7-13)8-14(18)17-10-12-5-6-16-9-12;/h2-4,7,12,16H,5-6,8-10H2,1H3,(H,17,18);1H. The Balaban J connectivity index is 0.00000220. The zero-order valence-electron chi connectivity index (χ0n) is 12.1. The number of ether oxygens (including phenoxy) is 1. The van der Waals surface area contributed by atoms with Gasteiger partial charge < -0.3 is 15.4 Å². The summed E-state index contributed by atoms with van der Waals surface area (Å²) in [6.07, 6.45) is 1.39. The number of methoxy groups -OCH3 is 1. The molecule has 1 fully saturated rings. The first kappa shape index (κ1) is 17.5. The number of carbonyl (C=O) groups is 2. The lowest BCUT2D eigenvalue weighted by Gasteiger charge is -2.10. The van der Waals surface area contributed by atoms with Crippen molar-refractivity contribution >= 4 is 24.3 Å². The minimum Gasteiger partial charge on any atom is -0.465 e. The maximum absolute atomic E-state index is 11.9. The molecule has 0 aromatic heterocycles. The van der Waals surface area contributed by atoms with Gasteiger partial charge in [-0.15, -0.1) is 12.4 Å². The molecule has 0 saturated carbocycles. The highest BCUT2D eigenvalue weighted by Gasteiger charge is 2.15. The molecule has 1 amide bonds. The maximum atomic E-state index is 11.9. The van der Waals surface area contributed by atoms with Crippen molar-refractivity contribution in [3.63, 3.8) is 0 Å². The van der Waals surface area contributed by atoms with Crippen LogP contribution < -0.4 is 10.6 Å². The van der Waals surface area contributed by atoms with Gasteiger partial charge in [-0.05, 0) is 43.1 Å². The fourth-order valence-electron chi connectivity index (χ4n) is 2.32. The number of hydrogen-bond acceptors (Lipinski definition) is 4. The molecule has 2 rings (SSSR count). The topological polar surface area (TPSA) is 67.4 Å². The first-order chi connectivity index (χ1) is 9.69. The molecule has 1 heterocycles. The van der Waals surface area contributed by atoms with Crippen LogP contribution in [-0.2, 0) is 16.0 Å². The van der Waals surface area contributed by atoms with Gasteiger partial charge >= 0.3 is 5.97 Å². The maximum Gasteiger partial charge on any atom is 0.337 e. The number of carbonyl (C=O) groups excluding carboxylic acids is 2. The molecular formula is C15H21ClN2O3. The van der Waals surface area contributed by atoms with E-state index < -0.39 is 0 Å². The highest BCUT2D eigenvalue weighted by Crippen LogP contribution is 2.08. The van der Waals surface area contributed by atoms with Crippen molar-refractivity contribution in [3.05, 3.63) is 35.4 Å². The molecule has 1 saturated heterocycles. The van der Waals surface area contributed by atoms with E-state index in [0.29, 0.717) is 18.0 Å². The zero-order valence-corrected chi connectivity index (χ0v) is 12.9. The van der Waals surface area contributed by atoms with Crippen LogP contribution in [0, 0.1) is 5.92 Å². The van der Waals surface area contributed by atoms with E-state index in [9.17, 15) is 9.59 Å². The Morgan fingerprint density at radius 3 is 2.90 bits per heavy atom. The van der Waals surface area contributed by atoms with Crippen LogP contribution in [0.5, 0.6) is 0 Å². The van der Waals surface area contributed by atoms with Gasteiger partial charge in [-0.1, -0.05) is 12.1 Å². The summed E-state index contributed by atoms with van der Waals surface area (Å²) in [7, 11) is 1.34. The average Bonchev–Trinajstić information content (AvgIpc) is 2.98. The van der Waals surface area contributed by atoms with E-state index in [0.717, 1.165) is 25.1 Å². The summed E-state index contributed by atoms with van der Waals surface area (Å²) in [5.74, 6) is 0.128. The minimum atomic E-state index is -0.385. The lowest BCUT2D eigenvalue weighted by molar-refractivity contribution is -0.120. The number of amides is 1. The third-order valence-corrected chi connectivity index (χ3v) is 3.46. The van der Waals surface area contributed by atoms with E-state index in [-0.39, 0.29) is 30.7 Å². The van der Waals surface area contributed by atoms with Crippen molar-refractivity contribution in [2.45, 2.75) is 12.8 Å². The Labute approximate surface area is 130 Å². The Morgan fingerprint density at radius 1 is 1.43 bits per heavy atom. The van der Waals surface area contributed by atoms with E-state index in [4.69, 9.17) is 0 Å². The van der Waals surface area contributed by atoms with Gasteiger partial charge in [0.1, 0.15) is 0 Å². The summed E-state index contributed by atoms with van der Waals surface area (Å²) in [5, 5.41) is 6.21. The van der Waals surface area contributed by atoms with Crippen LogP contribution in [0.3, 0.4) is 0 Å². The molecule has 2 N–H and O–H groups in total. The van der Waals surface area contributed by atoms with Crippen molar-refractivity contribution in [3.8, 4) is 0 Å². The van der Waals surface area contributed by atoms with Crippen LogP contribution in [0.1, 0.15) is 22.3 Å². The van der Waals surface area contributed by atoms with Gasteiger partial charge in [0, 0.05) is 6.54 Å². The summed E-state index contributed by atoms with van der Waals surface area (Å²) in [6, 6.07) is 6.97. The lowest BCUT2D eigenvalue weighted by atomic mass is 10.1. The van der Waals surface area contributed by atoms with E-state index >= 15 is 0 Å². The first-order valence-electron chi connectivity index (χ1n) is 6.83. The molecule has 0 radical (unpaired) electrons. The van der Waals surface area contributed by atoms with Crippen LogP contribution in [-0.4, -0.2) is 38.6 Å². The molecule has 1 aromatic rings. The Hall–Kier alpha value is -1.59. The minimum absolute atomic E-state index is 0. The molecule has 0 spiro atoms. The SMILES string of the molecule is COC(=O)c1cccc(CC(=O)NCC2CCNC2)c1.Cl. The molecule has 21 heavy (non-hydrogen) atoms. The molecule has 1 atom stereocenters. The smallest absolute Gasteiger partial charge is 0.337 e. The molecule has 1 aromatic carbocycles. The van der Waals surface area contributed by atoms with Crippen LogP contribution in [0.25, 0.3) is 0 Å². The predicted molar refractivity (Wildman–Crippen MR) is 82.7 cm³/mol. The largest absolute Gasteiger partial charge is 0.465 e. The van der Waals surface area contributed by atoms with Crippen molar-refractivity contribution in [1.82, 2.24) is 10.6 Å². The average molecular weight is 313 g/mol. The van der Waals surface area contributed by atoms with E-state index in [1.807, 2.05) is 6.07 Å². The van der Waals surface area contributed by atoms with Crippen molar-refractivity contribution in [2.24, 2.45) is 5.92 Å². The number of benzene rings is 1. The van der Waals surface area contributed by atoms with Gasteiger partial charge in [-0.3, -0.25) is 4.79 Å². The fraction of sp³-hybridized carbons (Fsp3) is 0.467. The second-order valence-corrected chi connectivity index (χ2v) is 5.03. The Bertz CT molecular complexity index is 488. The third kappa shape index (κ3) is 5.36. The number of nitrogens with one attached hydrogen (secondary N) is 2. The van der Waals surface area contributed by atoms with Crippen LogP contribution >= 0.6 is 12.4 Å². The van der Waals surface area contributed by atoms with Crippen molar-refractivity contribution in [2.75, 3.05) is 26.7 Å². The van der Waals surface area contributed by atoms with Crippen molar-refractivity contribution in [1.29, 1.82) is 0 Å². The molecule has 1 aliphatic rings. The highest BCUT2D eigenvalue weighted by molar-refractivity contribution is 5.90. The van der Waals surface area contributed by atoms with E-state index in [1.165, 1.54) is 7.11 Å². The van der Waals surface area contributed by atoms with Gasteiger partial charge in [-0.25, -0.2) is 4.79 Å². The van der Waals surface area contributed by atoms with Gasteiger partial charge in [0.15, 0.2) is 0 Å². The summed E-state index contributed by atoms with van der Waals surface area (Å²) in [5.41, 5.74) is 1.28. The van der Waals surface area contributed by atoms with Gasteiger partial charge in [0.2, 0.25) is 5.91 Å². The Kier molecular flexibility index (Phi) is 7.19. The molecule has 0 aliphatic carbocycles. The molecular weight excluding hydrogens is 292 g/mol. The van der Waals surface area contributed by atoms with Crippen LogP contribution in [0.4, 0.5) is 0 Å². The normalized spacial score (nSPS) is 16.9.